The van der Waals surface area contributed by atoms with Crippen LogP contribution in [0.5, 0.6) is 0 Å². The Morgan fingerprint density at radius 2 is 2.30 bits per heavy atom. The number of aromatic nitrogens is 2. The van der Waals surface area contributed by atoms with Gasteiger partial charge in [0.2, 0.25) is 11.8 Å². The van der Waals surface area contributed by atoms with Gasteiger partial charge in [-0.2, -0.15) is 0 Å². The first kappa shape index (κ1) is 7.21. The summed E-state index contributed by atoms with van der Waals surface area (Å²) in [5, 5.41) is 7.49. The zero-order valence-electron chi connectivity index (χ0n) is 6.00. The lowest BCUT2D eigenvalue weighted by molar-refractivity contribution is 0.463. The van der Waals surface area contributed by atoms with Crippen molar-refractivity contribution >= 4 is 0 Å². The fourth-order valence-electron chi connectivity index (χ4n) is 0.692. The van der Waals surface area contributed by atoms with Crippen LogP contribution in [0.2, 0.25) is 0 Å². The molecular formula is C6H11N3O. The van der Waals surface area contributed by atoms with Crippen molar-refractivity contribution in [3.05, 3.63) is 11.8 Å². The molecule has 0 fully saturated rings. The van der Waals surface area contributed by atoms with Gasteiger partial charge in [-0.1, -0.05) is 0 Å². The van der Waals surface area contributed by atoms with E-state index in [2.05, 4.69) is 10.2 Å². The lowest BCUT2D eigenvalue weighted by atomic mass is 10.3. The number of nitrogens with two attached hydrogens (primary N) is 1. The van der Waals surface area contributed by atoms with Gasteiger partial charge in [0.25, 0.3) is 0 Å². The minimum absolute atomic E-state index is 0.618. The Morgan fingerprint density at radius 3 is 2.80 bits per heavy atom. The molecule has 4 heteroatoms. The second-order valence-corrected chi connectivity index (χ2v) is 2.11. The minimum Gasteiger partial charge on any atom is -0.426 e. The van der Waals surface area contributed by atoms with E-state index in [1.165, 1.54) is 0 Å². The van der Waals surface area contributed by atoms with Crippen molar-refractivity contribution in [1.82, 2.24) is 10.2 Å². The number of rotatable bonds is 3. The van der Waals surface area contributed by atoms with E-state index in [4.69, 9.17) is 10.2 Å². The molecule has 10 heavy (non-hydrogen) atoms. The first-order valence-corrected chi connectivity index (χ1v) is 3.32. The van der Waals surface area contributed by atoms with Crippen molar-refractivity contribution in [2.75, 3.05) is 6.54 Å². The van der Waals surface area contributed by atoms with Gasteiger partial charge < -0.3 is 10.2 Å². The Hall–Kier alpha value is -0.900. The molecule has 0 saturated heterocycles. The highest BCUT2D eigenvalue weighted by molar-refractivity contribution is 4.78. The van der Waals surface area contributed by atoms with Crippen LogP contribution in [0.25, 0.3) is 0 Å². The van der Waals surface area contributed by atoms with Crippen LogP contribution >= 0.6 is 0 Å². The molecule has 0 spiro atoms. The molecule has 56 valence electrons. The summed E-state index contributed by atoms with van der Waals surface area (Å²) in [4.78, 5) is 0. The van der Waals surface area contributed by atoms with Crippen LogP contribution in [0.15, 0.2) is 4.42 Å². The summed E-state index contributed by atoms with van der Waals surface area (Å²) in [5.41, 5.74) is 5.29. The average molecular weight is 141 g/mol. The minimum atomic E-state index is 0.618. The molecule has 1 heterocycles. The topological polar surface area (TPSA) is 64.9 Å². The van der Waals surface area contributed by atoms with Crippen molar-refractivity contribution in [2.24, 2.45) is 5.73 Å². The Bertz CT molecular complexity index is 197. The molecule has 0 unspecified atom stereocenters. The molecular weight excluding hydrogens is 130 g/mol. The van der Waals surface area contributed by atoms with Gasteiger partial charge in [-0.25, -0.2) is 0 Å². The Labute approximate surface area is 59.4 Å². The Kier molecular flexibility index (Phi) is 2.39. The summed E-state index contributed by atoms with van der Waals surface area (Å²) < 4.78 is 5.11. The zero-order chi connectivity index (χ0) is 7.40. The molecule has 2 N–H and O–H groups in total. The van der Waals surface area contributed by atoms with Gasteiger partial charge in [-0.15, -0.1) is 10.2 Å². The normalized spacial score (nSPS) is 10.2. The van der Waals surface area contributed by atoms with Crippen LogP contribution < -0.4 is 5.73 Å². The van der Waals surface area contributed by atoms with E-state index in [0.29, 0.717) is 18.3 Å². The van der Waals surface area contributed by atoms with Crippen molar-refractivity contribution in [1.29, 1.82) is 0 Å². The van der Waals surface area contributed by atoms with Crippen LogP contribution in [-0.2, 0) is 6.42 Å². The average Bonchev–Trinajstić information content (AvgIpc) is 2.31. The molecule has 0 aliphatic heterocycles. The lowest BCUT2D eigenvalue weighted by Gasteiger charge is -1.88. The maximum absolute atomic E-state index is 5.29. The molecule has 0 atom stereocenters. The van der Waals surface area contributed by atoms with Crippen LogP contribution in [0.4, 0.5) is 0 Å². The third-order valence-corrected chi connectivity index (χ3v) is 1.16. The smallest absolute Gasteiger partial charge is 0.216 e. The number of aryl methyl sites for hydroxylation is 2. The summed E-state index contributed by atoms with van der Waals surface area (Å²) in [7, 11) is 0. The van der Waals surface area contributed by atoms with Gasteiger partial charge >= 0.3 is 0 Å². The van der Waals surface area contributed by atoms with E-state index in [-0.39, 0.29) is 0 Å². The van der Waals surface area contributed by atoms with Gasteiger partial charge in [0.1, 0.15) is 0 Å². The standard InChI is InChI=1S/C6H11N3O/c1-5-8-9-6(10-5)3-2-4-7/h2-4,7H2,1H3. The monoisotopic (exact) mass is 141 g/mol. The molecule has 1 aromatic heterocycles. The van der Waals surface area contributed by atoms with Crippen LogP contribution in [0, 0.1) is 6.92 Å². The second kappa shape index (κ2) is 3.31. The van der Waals surface area contributed by atoms with Gasteiger partial charge in [0.15, 0.2) is 0 Å². The third-order valence-electron chi connectivity index (χ3n) is 1.16. The van der Waals surface area contributed by atoms with Gasteiger partial charge in [-0.05, 0) is 13.0 Å². The Balaban J connectivity index is 2.42. The van der Waals surface area contributed by atoms with Gasteiger partial charge in [0, 0.05) is 13.3 Å². The molecule has 1 rings (SSSR count). The maximum atomic E-state index is 5.29. The molecule has 0 aliphatic rings. The van der Waals surface area contributed by atoms with Crippen molar-refractivity contribution in [3.8, 4) is 0 Å². The van der Waals surface area contributed by atoms with E-state index in [1.54, 1.807) is 6.92 Å². The summed E-state index contributed by atoms with van der Waals surface area (Å²) in [5.74, 6) is 1.30. The summed E-state index contributed by atoms with van der Waals surface area (Å²) >= 11 is 0. The third kappa shape index (κ3) is 1.80. The summed E-state index contributed by atoms with van der Waals surface area (Å²) in [6.07, 6.45) is 1.69. The molecule has 0 radical (unpaired) electrons. The molecule has 4 nitrogen and oxygen atoms in total. The summed E-state index contributed by atoms with van der Waals surface area (Å²) in [6.45, 7) is 2.44. The van der Waals surface area contributed by atoms with E-state index in [9.17, 15) is 0 Å². The molecule has 0 amide bonds. The van der Waals surface area contributed by atoms with Gasteiger partial charge in [0.05, 0.1) is 0 Å². The molecule has 1 aromatic rings. The SMILES string of the molecule is Cc1nnc(CCCN)o1. The van der Waals surface area contributed by atoms with E-state index in [1.807, 2.05) is 0 Å². The van der Waals surface area contributed by atoms with Crippen LogP contribution in [0.1, 0.15) is 18.2 Å². The lowest BCUT2D eigenvalue weighted by Crippen LogP contribution is -2.00. The first-order chi connectivity index (χ1) is 4.83. The predicted molar refractivity (Wildman–Crippen MR) is 36.4 cm³/mol. The molecule has 0 aliphatic carbocycles. The van der Waals surface area contributed by atoms with Crippen LogP contribution in [0.3, 0.4) is 0 Å². The van der Waals surface area contributed by atoms with Crippen molar-refractivity contribution in [3.63, 3.8) is 0 Å². The molecule has 0 bridgehead atoms. The van der Waals surface area contributed by atoms with E-state index in [0.717, 1.165) is 12.8 Å². The van der Waals surface area contributed by atoms with E-state index >= 15 is 0 Å². The van der Waals surface area contributed by atoms with Crippen molar-refractivity contribution < 1.29 is 4.42 Å². The first-order valence-electron chi connectivity index (χ1n) is 3.32. The number of nitrogens with zero attached hydrogens (tertiary/aromatic N) is 2. The fraction of sp³-hybridized carbons (Fsp3) is 0.667. The fourth-order valence-corrected chi connectivity index (χ4v) is 0.692. The highest BCUT2D eigenvalue weighted by Gasteiger charge is 1.99. The van der Waals surface area contributed by atoms with Crippen molar-refractivity contribution in [2.45, 2.75) is 19.8 Å². The van der Waals surface area contributed by atoms with Crippen LogP contribution in [-0.4, -0.2) is 16.7 Å². The zero-order valence-corrected chi connectivity index (χ0v) is 6.00. The Morgan fingerprint density at radius 1 is 1.50 bits per heavy atom. The second-order valence-electron chi connectivity index (χ2n) is 2.11. The van der Waals surface area contributed by atoms with Gasteiger partial charge in [-0.3, -0.25) is 0 Å². The predicted octanol–water partition coefficient (Wildman–Crippen LogP) is 0.269. The van der Waals surface area contributed by atoms with E-state index < -0.39 is 0 Å². The number of hydrogen-bond acceptors (Lipinski definition) is 4. The highest BCUT2D eigenvalue weighted by Crippen LogP contribution is 1.99. The quantitative estimate of drug-likeness (QED) is 0.656. The molecule has 0 aromatic carbocycles. The molecule has 0 saturated carbocycles. The summed E-state index contributed by atoms with van der Waals surface area (Å²) in [6, 6.07) is 0. The largest absolute Gasteiger partial charge is 0.426 e. The maximum Gasteiger partial charge on any atom is 0.216 e. The highest BCUT2D eigenvalue weighted by atomic mass is 16.4. The number of hydrogen-bond donors (Lipinski definition) is 1.